The molecular formula is C24H20F5NO6S. The van der Waals surface area contributed by atoms with E-state index in [1.54, 1.807) is 18.2 Å². The molecule has 0 saturated heterocycles. The van der Waals surface area contributed by atoms with Crippen LogP contribution in [0.5, 0.6) is 0 Å². The SMILES string of the molecule is O=C1C2CC3CC1CC(OC(=O)C(F)(F)S(=O)(=O)ON=C(c1ccc4ccccc4c1)C(F)(F)F)(C3)C2. The van der Waals surface area contributed by atoms with Crippen molar-refractivity contribution in [2.45, 2.75) is 49.1 Å². The molecule has 7 nitrogen and oxygen atoms in total. The number of esters is 1. The standard InChI is InChI=1S/C24H20F5NO6S/c25-23(26,27)20(16-6-5-14-3-1-2-4-15(14)9-16)30-36-37(33,34)24(28,29)21(32)35-22-10-13-7-17(11-22)19(31)18(8-13)12-22/h1-6,9,13,17-18H,7-8,10-12H2. The van der Waals surface area contributed by atoms with Crippen LogP contribution in [0.4, 0.5) is 22.0 Å². The maximum atomic E-state index is 14.7. The minimum Gasteiger partial charge on any atom is -0.454 e. The molecule has 0 spiro atoms. The van der Waals surface area contributed by atoms with Gasteiger partial charge in [0, 0.05) is 17.4 Å². The Balaban J connectivity index is 1.38. The summed E-state index contributed by atoms with van der Waals surface area (Å²) in [5, 5.41) is -1.92. The highest BCUT2D eigenvalue weighted by atomic mass is 32.2. The molecule has 4 aliphatic carbocycles. The maximum absolute atomic E-state index is 14.7. The summed E-state index contributed by atoms with van der Waals surface area (Å²) < 4.78 is 103. The summed E-state index contributed by atoms with van der Waals surface area (Å²) in [5.74, 6) is -3.43. The van der Waals surface area contributed by atoms with Gasteiger partial charge in [-0.15, -0.1) is 0 Å². The van der Waals surface area contributed by atoms with Crippen molar-refractivity contribution in [2.75, 3.05) is 0 Å². The molecule has 0 aliphatic heterocycles. The summed E-state index contributed by atoms with van der Waals surface area (Å²) in [5.41, 5.74) is -3.94. The van der Waals surface area contributed by atoms with Crippen LogP contribution in [0.25, 0.3) is 10.8 Å². The van der Waals surface area contributed by atoms with E-state index in [1.807, 2.05) is 0 Å². The van der Waals surface area contributed by atoms with E-state index < -0.39 is 56.2 Å². The van der Waals surface area contributed by atoms with Gasteiger partial charge in [0.25, 0.3) is 0 Å². The topological polar surface area (TPSA) is 99.1 Å². The molecule has 0 amide bonds. The van der Waals surface area contributed by atoms with Crippen LogP contribution in [0.3, 0.4) is 0 Å². The lowest BCUT2D eigenvalue weighted by atomic mass is 9.53. The van der Waals surface area contributed by atoms with Gasteiger partial charge < -0.3 is 4.74 Å². The summed E-state index contributed by atoms with van der Waals surface area (Å²) in [6.45, 7) is 0. The summed E-state index contributed by atoms with van der Waals surface area (Å²) in [4.78, 5) is 24.6. The van der Waals surface area contributed by atoms with E-state index in [0.717, 1.165) is 12.1 Å². The van der Waals surface area contributed by atoms with E-state index in [1.165, 1.54) is 12.1 Å². The molecule has 0 N–H and O–H groups in total. The number of ether oxygens (including phenoxy) is 1. The van der Waals surface area contributed by atoms with Gasteiger partial charge in [0.2, 0.25) is 0 Å². The molecule has 37 heavy (non-hydrogen) atoms. The first-order valence-corrected chi connectivity index (χ1v) is 12.8. The van der Waals surface area contributed by atoms with Gasteiger partial charge in [0.05, 0.1) is 0 Å². The monoisotopic (exact) mass is 545 g/mol. The molecule has 2 aromatic rings. The smallest absolute Gasteiger partial charge is 0.454 e. The molecule has 0 aromatic heterocycles. The van der Waals surface area contributed by atoms with Crippen molar-refractivity contribution in [1.82, 2.24) is 0 Å². The lowest BCUT2D eigenvalue weighted by Crippen LogP contribution is -2.58. The number of carbonyl (C=O) groups excluding carboxylic acids is 2. The third-order valence-electron chi connectivity index (χ3n) is 7.32. The van der Waals surface area contributed by atoms with Gasteiger partial charge in [-0.25, -0.2) is 4.79 Å². The molecule has 0 heterocycles. The highest BCUT2D eigenvalue weighted by Gasteiger charge is 2.63. The Hall–Kier alpha value is -3.09. The average molecular weight is 545 g/mol. The second-order valence-electron chi connectivity index (χ2n) is 9.86. The highest BCUT2D eigenvalue weighted by Crippen LogP contribution is 2.56. The van der Waals surface area contributed by atoms with E-state index in [2.05, 4.69) is 9.44 Å². The number of Topliss-reactive ketones (excluding diaryl/α,β-unsaturated/α-hetero) is 1. The molecule has 4 saturated carbocycles. The Morgan fingerprint density at radius 3 is 2.19 bits per heavy atom. The minimum atomic E-state index is -6.32. The van der Waals surface area contributed by atoms with Gasteiger partial charge in [-0.3, -0.25) is 9.08 Å². The molecule has 4 fully saturated rings. The van der Waals surface area contributed by atoms with Crippen molar-refractivity contribution in [3.63, 3.8) is 0 Å². The van der Waals surface area contributed by atoms with Crippen LogP contribution in [0, 0.1) is 17.8 Å². The number of hydrogen-bond donors (Lipinski definition) is 0. The number of fused-ring (bicyclic) bond motifs is 1. The number of carbonyl (C=O) groups is 2. The third-order valence-corrected chi connectivity index (χ3v) is 8.38. The van der Waals surface area contributed by atoms with Gasteiger partial charge in [-0.1, -0.05) is 41.6 Å². The van der Waals surface area contributed by atoms with E-state index in [4.69, 9.17) is 4.74 Å². The molecular weight excluding hydrogens is 525 g/mol. The van der Waals surface area contributed by atoms with Crippen molar-refractivity contribution < 1.29 is 49.0 Å². The predicted molar refractivity (Wildman–Crippen MR) is 119 cm³/mol. The Kier molecular flexibility index (Phi) is 5.85. The molecule has 0 radical (unpaired) electrons. The number of benzene rings is 2. The Bertz CT molecular complexity index is 1400. The largest absolute Gasteiger partial charge is 0.478 e. The number of hydrogen-bond acceptors (Lipinski definition) is 7. The first-order chi connectivity index (χ1) is 17.2. The molecule has 2 atom stereocenters. The molecule has 2 unspecified atom stereocenters. The summed E-state index contributed by atoms with van der Waals surface area (Å²) in [6.07, 6.45) is -3.97. The molecule has 198 valence electrons. The molecule has 6 rings (SSSR count). The third kappa shape index (κ3) is 4.47. The fourth-order valence-corrected chi connectivity index (χ4v) is 6.41. The number of halogens is 5. The van der Waals surface area contributed by atoms with E-state index >= 15 is 0 Å². The van der Waals surface area contributed by atoms with Crippen LogP contribution in [-0.4, -0.2) is 42.9 Å². The lowest BCUT2D eigenvalue weighted by molar-refractivity contribution is -0.202. The predicted octanol–water partition coefficient (Wildman–Crippen LogP) is 4.74. The second kappa shape index (κ2) is 8.47. The van der Waals surface area contributed by atoms with Gasteiger partial charge in [-0.2, -0.15) is 30.4 Å². The highest BCUT2D eigenvalue weighted by molar-refractivity contribution is 7.88. The van der Waals surface area contributed by atoms with Gasteiger partial charge >= 0.3 is 27.5 Å². The molecule has 4 aliphatic rings. The zero-order chi connectivity index (χ0) is 26.8. The quantitative estimate of drug-likeness (QED) is 0.225. The number of nitrogens with zero attached hydrogens (tertiary/aromatic N) is 1. The van der Waals surface area contributed by atoms with E-state index in [0.29, 0.717) is 23.6 Å². The minimum absolute atomic E-state index is 0.000103. The van der Waals surface area contributed by atoms with Crippen LogP contribution in [0.15, 0.2) is 47.6 Å². The van der Waals surface area contributed by atoms with Crippen LogP contribution < -0.4 is 0 Å². The van der Waals surface area contributed by atoms with E-state index in [-0.39, 0.29) is 31.0 Å². The molecule has 2 aromatic carbocycles. The summed E-state index contributed by atoms with van der Waals surface area (Å²) in [7, 11) is -6.32. The van der Waals surface area contributed by atoms with Crippen LogP contribution in [-0.2, 0) is 28.7 Å². The summed E-state index contributed by atoms with van der Waals surface area (Å²) in [6, 6.07) is 9.65. The first-order valence-electron chi connectivity index (χ1n) is 11.4. The van der Waals surface area contributed by atoms with Crippen molar-refractivity contribution in [3.05, 3.63) is 48.0 Å². The van der Waals surface area contributed by atoms with Gasteiger partial charge in [0.15, 0.2) is 5.71 Å². The maximum Gasteiger partial charge on any atom is 0.478 e. The number of rotatable bonds is 6. The van der Waals surface area contributed by atoms with Crippen molar-refractivity contribution in [2.24, 2.45) is 22.9 Å². The number of alkyl halides is 5. The van der Waals surface area contributed by atoms with Crippen molar-refractivity contribution in [1.29, 1.82) is 0 Å². The van der Waals surface area contributed by atoms with Gasteiger partial charge in [-0.05, 0) is 54.9 Å². The van der Waals surface area contributed by atoms with Gasteiger partial charge in [0.1, 0.15) is 11.4 Å². The Morgan fingerprint density at radius 2 is 1.57 bits per heavy atom. The van der Waals surface area contributed by atoms with Crippen LogP contribution >= 0.6 is 0 Å². The van der Waals surface area contributed by atoms with Crippen molar-refractivity contribution >= 4 is 38.4 Å². The van der Waals surface area contributed by atoms with Crippen molar-refractivity contribution in [3.8, 4) is 0 Å². The lowest BCUT2D eigenvalue weighted by Gasteiger charge is -2.54. The zero-order valence-electron chi connectivity index (χ0n) is 19.0. The normalized spacial score (nSPS) is 28.0. The van der Waals surface area contributed by atoms with E-state index in [9.17, 15) is 40.0 Å². The van der Waals surface area contributed by atoms with Crippen LogP contribution in [0.1, 0.15) is 37.7 Å². The molecule has 4 bridgehead atoms. The fourth-order valence-electron chi connectivity index (χ4n) is 5.90. The Labute approximate surface area is 207 Å². The second-order valence-corrected chi connectivity index (χ2v) is 11.4. The zero-order valence-corrected chi connectivity index (χ0v) is 19.8. The first kappa shape index (κ1) is 25.6. The Morgan fingerprint density at radius 1 is 0.946 bits per heavy atom. The number of oxime groups is 1. The van der Waals surface area contributed by atoms with Crippen LogP contribution in [0.2, 0.25) is 0 Å². The average Bonchev–Trinajstić information content (AvgIpc) is 2.80. The fraction of sp³-hybridized carbons (Fsp3) is 0.458. The summed E-state index contributed by atoms with van der Waals surface area (Å²) >= 11 is 0. The number of ketones is 1. The molecule has 13 heteroatoms.